The van der Waals surface area contributed by atoms with Crippen LogP contribution in [0.25, 0.3) is 10.2 Å². The summed E-state index contributed by atoms with van der Waals surface area (Å²) >= 11 is 2.56. The predicted molar refractivity (Wildman–Crippen MR) is 146 cm³/mol. The fourth-order valence-corrected chi connectivity index (χ4v) is 5.70. The number of aromatic nitrogens is 2. The topological polar surface area (TPSA) is 90.5 Å². The molecule has 1 atom stereocenters. The largest absolute Gasteiger partial charge is 0.326 e. The normalized spacial score (nSPS) is 13.6. The lowest BCUT2D eigenvalue weighted by Gasteiger charge is -2.29. The maximum absolute atomic E-state index is 13.9. The number of nitrogens with zero attached hydrogens (tertiary/aromatic N) is 4. The quantitative estimate of drug-likeness (QED) is 0.317. The van der Waals surface area contributed by atoms with Gasteiger partial charge in [0.05, 0.1) is 27.9 Å². The number of fused-ring (bicyclic) bond motifs is 2. The van der Waals surface area contributed by atoms with Gasteiger partial charge in [-0.05, 0) is 60.4 Å². The summed E-state index contributed by atoms with van der Waals surface area (Å²) in [5.74, 6) is -1.19. The van der Waals surface area contributed by atoms with Crippen LogP contribution in [0, 0.1) is 11.6 Å². The van der Waals surface area contributed by atoms with Crippen LogP contribution in [0.5, 0.6) is 0 Å². The Bertz CT molecular complexity index is 1460. The van der Waals surface area contributed by atoms with Crippen molar-refractivity contribution in [3.63, 3.8) is 0 Å². The number of hydrogen-bond donors (Lipinski definition) is 2. The lowest BCUT2D eigenvalue weighted by molar-refractivity contribution is -0.120. The second-order valence-corrected chi connectivity index (χ2v) is 10.5. The van der Waals surface area contributed by atoms with Crippen LogP contribution in [-0.4, -0.2) is 41.5 Å². The van der Waals surface area contributed by atoms with Crippen molar-refractivity contribution in [2.24, 2.45) is 0 Å². The highest BCUT2D eigenvalue weighted by Crippen LogP contribution is 2.28. The molecule has 0 saturated carbocycles. The first-order valence-corrected chi connectivity index (χ1v) is 13.5. The zero-order valence-electron chi connectivity index (χ0n) is 20.4. The lowest BCUT2D eigenvalue weighted by Crippen LogP contribution is -2.51. The summed E-state index contributed by atoms with van der Waals surface area (Å²) in [6, 6.07) is 10.7. The van der Waals surface area contributed by atoms with Crippen molar-refractivity contribution in [2.75, 3.05) is 22.8 Å². The predicted octanol–water partition coefficient (Wildman–Crippen LogP) is 4.86. The SMILES string of the molecule is CN(C(=O)C(Cc1cc(F)cc(F)c1)NC(=O)NSN1CCCc2cccnc21)c1ccc2scnc2c1. The first-order chi connectivity index (χ1) is 18.4. The molecule has 1 aliphatic heterocycles. The molecule has 1 unspecified atom stereocenters. The van der Waals surface area contributed by atoms with E-state index in [1.54, 1.807) is 30.9 Å². The van der Waals surface area contributed by atoms with Gasteiger partial charge < -0.3 is 10.2 Å². The van der Waals surface area contributed by atoms with Crippen LogP contribution in [0.15, 0.2) is 60.2 Å². The smallest absolute Gasteiger partial charge is 0.325 e. The lowest BCUT2D eigenvalue weighted by atomic mass is 10.0. The van der Waals surface area contributed by atoms with E-state index in [1.165, 1.54) is 16.2 Å². The molecule has 12 heteroatoms. The minimum Gasteiger partial charge on any atom is -0.325 e. The molecule has 0 spiro atoms. The molecule has 5 rings (SSSR count). The second kappa shape index (κ2) is 11.3. The number of aryl methyl sites for hydroxylation is 1. The molecule has 8 nitrogen and oxygen atoms in total. The Morgan fingerprint density at radius 2 is 1.97 bits per heavy atom. The molecule has 196 valence electrons. The number of carbonyl (C=O) groups is 2. The molecule has 1 aliphatic rings. The van der Waals surface area contributed by atoms with Crippen molar-refractivity contribution in [3.8, 4) is 0 Å². The van der Waals surface area contributed by atoms with Crippen molar-refractivity contribution in [2.45, 2.75) is 25.3 Å². The van der Waals surface area contributed by atoms with Crippen molar-refractivity contribution < 1.29 is 18.4 Å². The molecule has 2 aromatic carbocycles. The van der Waals surface area contributed by atoms with Gasteiger partial charge >= 0.3 is 6.03 Å². The van der Waals surface area contributed by atoms with Gasteiger partial charge in [0.15, 0.2) is 0 Å². The third-order valence-corrected chi connectivity index (χ3v) is 7.82. The van der Waals surface area contributed by atoms with Crippen molar-refractivity contribution in [3.05, 3.63) is 83.0 Å². The molecule has 2 aromatic heterocycles. The molecule has 0 radical (unpaired) electrons. The van der Waals surface area contributed by atoms with Gasteiger partial charge in [-0.1, -0.05) is 6.07 Å². The minimum absolute atomic E-state index is 0.108. The second-order valence-electron chi connectivity index (χ2n) is 8.79. The number of urea groups is 1. The summed E-state index contributed by atoms with van der Waals surface area (Å²) in [7, 11) is 1.58. The third-order valence-electron chi connectivity index (χ3n) is 6.16. The van der Waals surface area contributed by atoms with E-state index in [0.717, 1.165) is 64.8 Å². The molecule has 3 heterocycles. The summed E-state index contributed by atoms with van der Waals surface area (Å²) < 4.78 is 33.3. The number of likely N-dealkylation sites (N-methyl/N-ethyl adjacent to an activating group) is 1. The molecule has 0 fully saturated rings. The summed E-state index contributed by atoms with van der Waals surface area (Å²) in [6.07, 6.45) is 3.41. The number of hydrogen-bond acceptors (Lipinski definition) is 7. The van der Waals surface area contributed by atoms with E-state index in [9.17, 15) is 18.4 Å². The van der Waals surface area contributed by atoms with Gasteiger partial charge in [0, 0.05) is 38.0 Å². The van der Waals surface area contributed by atoms with E-state index in [2.05, 4.69) is 20.0 Å². The highest BCUT2D eigenvalue weighted by Gasteiger charge is 2.27. The molecule has 0 saturated heterocycles. The standard InChI is InChI=1S/C26H24F2N6O2S2/c1-33(20-6-7-23-21(14-20)30-15-37-23)25(35)22(12-16-10-18(27)13-19(28)11-16)31-26(36)32-38-34-9-3-5-17-4-2-8-29-24(17)34/h2,4,6-8,10-11,13-15,22H,3,5,9,12H2,1H3,(H2,31,32,36). The third kappa shape index (κ3) is 5.86. The Morgan fingerprint density at radius 3 is 2.79 bits per heavy atom. The minimum atomic E-state index is -1.10. The fraction of sp³-hybridized carbons (Fsp3) is 0.231. The number of benzene rings is 2. The van der Waals surface area contributed by atoms with E-state index >= 15 is 0 Å². The molecule has 4 aromatic rings. The van der Waals surface area contributed by atoms with E-state index in [-0.39, 0.29) is 12.0 Å². The molecular weight excluding hydrogens is 530 g/mol. The van der Waals surface area contributed by atoms with Crippen molar-refractivity contribution >= 4 is 57.1 Å². The first-order valence-electron chi connectivity index (χ1n) is 11.9. The van der Waals surface area contributed by atoms with Gasteiger partial charge in [0.25, 0.3) is 0 Å². The first kappa shape index (κ1) is 25.9. The number of thiazole rings is 1. The van der Waals surface area contributed by atoms with E-state index in [4.69, 9.17) is 0 Å². The van der Waals surface area contributed by atoms with Crippen LogP contribution in [-0.2, 0) is 17.6 Å². The van der Waals surface area contributed by atoms with Crippen molar-refractivity contribution in [1.82, 2.24) is 20.0 Å². The maximum Gasteiger partial charge on any atom is 0.326 e. The van der Waals surface area contributed by atoms with Crippen molar-refractivity contribution in [1.29, 1.82) is 0 Å². The van der Waals surface area contributed by atoms with Gasteiger partial charge in [0.2, 0.25) is 5.91 Å². The Labute approximate surface area is 226 Å². The fourth-order valence-electron chi connectivity index (χ4n) is 4.32. The average Bonchev–Trinajstić information content (AvgIpc) is 3.38. The average molecular weight is 555 g/mol. The molecule has 3 amide bonds. The van der Waals surface area contributed by atoms with E-state index in [1.807, 2.05) is 22.5 Å². The molecule has 2 N–H and O–H groups in total. The monoisotopic (exact) mass is 554 g/mol. The number of pyridine rings is 1. The van der Waals surface area contributed by atoms with Gasteiger partial charge in [-0.25, -0.2) is 23.5 Å². The van der Waals surface area contributed by atoms with Crippen LogP contribution < -0.4 is 19.2 Å². The summed E-state index contributed by atoms with van der Waals surface area (Å²) in [6.45, 7) is 0.696. The Balaban J connectivity index is 1.32. The number of amides is 3. The maximum atomic E-state index is 13.9. The summed E-state index contributed by atoms with van der Waals surface area (Å²) in [4.78, 5) is 36.6. The Morgan fingerprint density at radius 1 is 1.16 bits per heavy atom. The number of halogens is 2. The molecular formula is C26H24F2N6O2S2. The number of anilines is 2. The zero-order chi connectivity index (χ0) is 26.6. The number of carbonyl (C=O) groups excluding carboxylic acids is 2. The highest BCUT2D eigenvalue weighted by atomic mass is 32.2. The van der Waals surface area contributed by atoms with Gasteiger partial charge in [-0.15, -0.1) is 11.3 Å². The number of rotatable bonds is 7. The van der Waals surface area contributed by atoms with Gasteiger partial charge in [0.1, 0.15) is 23.5 Å². The van der Waals surface area contributed by atoms with Crippen LogP contribution >= 0.6 is 23.5 Å². The van der Waals surface area contributed by atoms with E-state index in [0.29, 0.717) is 12.2 Å². The van der Waals surface area contributed by atoms with Crippen LogP contribution in [0.2, 0.25) is 0 Å². The van der Waals surface area contributed by atoms with Gasteiger partial charge in [-0.3, -0.25) is 13.8 Å². The number of nitrogens with one attached hydrogen (secondary N) is 2. The summed E-state index contributed by atoms with van der Waals surface area (Å²) in [5.41, 5.74) is 4.38. The highest BCUT2D eigenvalue weighted by molar-refractivity contribution is 7.99. The van der Waals surface area contributed by atoms with Crippen LogP contribution in [0.3, 0.4) is 0 Å². The Kier molecular flexibility index (Phi) is 7.70. The van der Waals surface area contributed by atoms with Gasteiger partial charge in [-0.2, -0.15) is 0 Å². The zero-order valence-corrected chi connectivity index (χ0v) is 22.0. The van der Waals surface area contributed by atoms with E-state index < -0.39 is 29.6 Å². The Hall–Kier alpha value is -3.77. The summed E-state index contributed by atoms with van der Waals surface area (Å²) in [5, 5.41) is 2.68. The van der Waals surface area contributed by atoms with Crippen LogP contribution in [0.4, 0.5) is 25.1 Å². The van der Waals surface area contributed by atoms with Crippen LogP contribution in [0.1, 0.15) is 17.5 Å². The molecule has 38 heavy (non-hydrogen) atoms. The molecule has 0 bridgehead atoms. The molecule has 0 aliphatic carbocycles.